The van der Waals surface area contributed by atoms with E-state index in [9.17, 15) is 105 Å². The molecule has 0 aliphatic carbocycles. The van der Waals surface area contributed by atoms with E-state index < -0.39 is 97.2 Å². The van der Waals surface area contributed by atoms with Crippen LogP contribution in [0.5, 0.6) is 0 Å². The van der Waals surface area contributed by atoms with Crippen LogP contribution in [0.4, 0.5) is 105 Å². The summed E-state index contributed by atoms with van der Waals surface area (Å²) >= 11 is 0. The van der Waals surface area contributed by atoms with Crippen molar-refractivity contribution in [3.63, 3.8) is 0 Å². The van der Waals surface area contributed by atoms with Gasteiger partial charge >= 0.3 is 49.4 Å². The largest absolute Gasteiger partial charge is 0.402 e. The average Bonchev–Trinajstić information content (AvgIpc) is 0.930. The Morgan fingerprint density at radius 2 is 0.589 bits per heavy atom. The van der Waals surface area contributed by atoms with Gasteiger partial charge in [0, 0.05) is 30.1 Å². The van der Waals surface area contributed by atoms with E-state index in [-0.39, 0.29) is 38.5 Å². The first-order chi connectivity index (χ1) is 40.7. The maximum absolute atomic E-state index is 11.6. The molecule has 0 radical (unpaired) electrons. The Morgan fingerprint density at radius 1 is 0.356 bits per heavy atom. The molecular formula is C66H138F24. The summed E-state index contributed by atoms with van der Waals surface area (Å²) in [6, 6.07) is 0. The molecule has 0 spiro atoms. The fourth-order valence-electron chi connectivity index (χ4n) is 1.86. The molecule has 0 aliphatic heterocycles. The molecular weight excluding hydrogens is 1250 g/mol. The number of hydrogen-bond donors (Lipinski definition) is 0. The van der Waals surface area contributed by atoms with Crippen LogP contribution < -0.4 is 0 Å². The first-order valence-electron chi connectivity index (χ1n) is 33.3. The molecule has 0 rings (SSSR count). The minimum Gasteiger partial charge on any atom is -0.171 e. The summed E-state index contributed by atoms with van der Waals surface area (Å²) in [5.74, 6) is -3.43. The quantitative estimate of drug-likeness (QED) is 0.143. The predicted molar refractivity (Wildman–Crippen MR) is 339 cm³/mol. The molecule has 90 heavy (non-hydrogen) atoms. The van der Waals surface area contributed by atoms with Crippen LogP contribution in [0.1, 0.15) is 337 Å². The zero-order chi connectivity index (χ0) is 81.0. The Hall–Kier alpha value is -1.68. The topological polar surface area (TPSA) is 0 Å². The van der Waals surface area contributed by atoms with Crippen molar-refractivity contribution in [2.24, 2.45) is 52.2 Å². The SMILES string of the molecule is CC.CC(C)(C(F)(F)F)C(F)(F)F.CC(C)(C)C(F)(F)F.CC(C)C.CC(C)C(F)(F)F.CCC.CCC(C)C.CCC(C)C(F)(F)F.CCC(C)CC(F)(F)F.CCCC.CCCCC.CCCCCC(F)(F)F.[2H]C(C)(C)C.[2H]C(C)(C)C(F)(F)F.[2H]C([2H])(C)CC. The molecule has 0 amide bonds. The molecule has 2 unspecified atom stereocenters. The number of unbranched alkanes of at least 4 members (excludes halogenated alkanes) is 5. The summed E-state index contributed by atoms with van der Waals surface area (Å²) < 4.78 is 302. The lowest BCUT2D eigenvalue weighted by Crippen LogP contribution is -2.44. The van der Waals surface area contributed by atoms with E-state index in [4.69, 9.17) is 5.48 Å². The highest BCUT2D eigenvalue weighted by Crippen LogP contribution is 2.49. The molecule has 2 atom stereocenters. The molecule has 24 heteroatoms. The lowest BCUT2D eigenvalue weighted by atomic mass is 9.92. The number of alkyl halides is 24. The highest BCUT2D eigenvalue weighted by Gasteiger charge is 2.64. The van der Waals surface area contributed by atoms with E-state index in [1.807, 2.05) is 48.5 Å². The van der Waals surface area contributed by atoms with Crippen molar-refractivity contribution in [3.05, 3.63) is 0 Å². The average molecular weight is 1390 g/mol. The Bertz CT molecular complexity index is 1360. The molecule has 0 bridgehead atoms. The zero-order valence-electron chi connectivity index (χ0n) is 66.1. The second-order valence-corrected chi connectivity index (χ2v) is 23.6. The molecule has 0 N–H and O–H groups in total. The van der Waals surface area contributed by atoms with Crippen LogP contribution in [0.2, 0.25) is 0 Å². The Labute approximate surface area is 542 Å². The molecule has 0 aromatic carbocycles. The summed E-state index contributed by atoms with van der Waals surface area (Å²) in [5, 5.41) is 0. The highest BCUT2D eigenvalue weighted by atomic mass is 19.4. The first kappa shape index (κ1) is 113. The first-order valence-corrected chi connectivity index (χ1v) is 31.3. The van der Waals surface area contributed by atoms with Crippen molar-refractivity contribution in [1.82, 2.24) is 0 Å². The van der Waals surface area contributed by atoms with E-state index in [2.05, 4.69) is 83.1 Å². The molecule has 0 saturated carbocycles. The van der Waals surface area contributed by atoms with E-state index in [0.717, 1.165) is 66.7 Å². The van der Waals surface area contributed by atoms with Gasteiger partial charge in [-0.25, -0.2) is 0 Å². The normalized spacial score (nSPS) is 13.1. The van der Waals surface area contributed by atoms with Crippen LogP contribution in [0.3, 0.4) is 0 Å². The third-order valence-electron chi connectivity index (χ3n) is 9.38. The Morgan fingerprint density at radius 3 is 0.633 bits per heavy atom. The number of hydrogen-bond acceptors (Lipinski definition) is 0. The summed E-state index contributed by atoms with van der Waals surface area (Å²) in [6.45, 7) is 54.6. The van der Waals surface area contributed by atoms with Crippen molar-refractivity contribution >= 4 is 0 Å². The van der Waals surface area contributed by atoms with E-state index in [1.54, 1.807) is 20.8 Å². The number of halogens is 24. The smallest absolute Gasteiger partial charge is 0.171 e. The van der Waals surface area contributed by atoms with Gasteiger partial charge in [-0.05, 0) is 50.3 Å². The van der Waals surface area contributed by atoms with Gasteiger partial charge in [0.1, 0.15) is 0 Å². The van der Waals surface area contributed by atoms with Gasteiger partial charge in [0.15, 0.2) is 5.41 Å². The molecule has 0 aliphatic rings. The van der Waals surface area contributed by atoms with E-state index in [0.29, 0.717) is 19.3 Å². The molecule has 0 saturated heterocycles. The van der Waals surface area contributed by atoms with Crippen LogP contribution >= 0.6 is 0 Å². The Kier molecular flexibility index (Phi) is 89.6. The van der Waals surface area contributed by atoms with Crippen LogP contribution in [-0.4, -0.2) is 49.4 Å². The fourth-order valence-corrected chi connectivity index (χ4v) is 1.86. The van der Waals surface area contributed by atoms with Crippen LogP contribution in [0, 0.1) is 52.2 Å². The fraction of sp³-hybridized carbons (Fsp3) is 1.00. The van der Waals surface area contributed by atoms with Crippen molar-refractivity contribution in [3.8, 4) is 0 Å². The predicted octanol–water partition coefficient (Wildman–Crippen LogP) is 32.5. The lowest BCUT2D eigenvalue weighted by molar-refractivity contribution is -0.327. The highest BCUT2D eigenvalue weighted by molar-refractivity contribution is 4.84. The third-order valence-corrected chi connectivity index (χ3v) is 9.38. The van der Waals surface area contributed by atoms with Gasteiger partial charge < -0.3 is 0 Å². The summed E-state index contributed by atoms with van der Waals surface area (Å²) in [6.07, 6.45) is -24.7. The van der Waals surface area contributed by atoms with Crippen LogP contribution in [-0.2, 0) is 0 Å². The van der Waals surface area contributed by atoms with Gasteiger partial charge in [-0.15, -0.1) is 0 Å². The second kappa shape index (κ2) is 71.6. The van der Waals surface area contributed by atoms with Gasteiger partial charge in [-0.1, -0.05) is 292 Å². The molecule has 570 valence electrons. The van der Waals surface area contributed by atoms with Crippen LogP contribution in [0.15, 0.2) is 0 Å². The molecule has 0 aromatic rings. The van der Waals surface area contributed by atoms with Crippen molar-refractivity contribution in [1.29, 1.82) is 0 Å². The zero-order valence-corrected chi connectivity index (χ0v) is 62.1. The summed E-state index contributed by atoms with van der Waals surface area (Å²) in [4.78, 5) is 0. The minimum absolute atomic E-state index is 0.104. The van der Waals surface area contributed by atoms with Gasteiger partial charge in [0.05, 0.1) is 11.3 Å². The molecule has 0 nitrogen and oxygen atoms in total. The minimum atomic E-state index is -5.24. The molecule has 0 heterocycles. The lowest BCUT2D eigenvalue weighted by Gasteiger charge is -2.29. The van der Waals surface area contributed by atoms with Crippen molar-refractivity contribution in [2.75, 3.05) is 0 Å². The molecule has 0 fully saturated rings. The van der Waals surface area contributed by atoms with Gasteiger partial charge in [-0.2, -0.15) is 105 Å². The van der Waals surface area contributed by atoms with Gasteiger partial charge in [0.25, 0.3) is 0 Å². The third kappa shape index (κ3) is 152. The summed E-state index contributed by atoms with van der Waals surface area (Å²) in [7, 11) is 0. The van der Waals surface area contributed by atoms with Crippen LogP contribution in [0.25, 0.3) is 0 Å². The van der Waals surface area contributed by atoms with Gasteiger partial charge in [-0.3, -0.25) is 0 Å². The standard InChI is InChI=1S/2C6H11F3.C5H6F6.2C5H9F3.2C5H12.2C4H7F3.4C4H10.C3H8.C2H6/c1-3-5(2)4-6(7,8)9;1-2-3-4-5-6(7,8)9;1-3(2,4(6,7)8)5(9,10)11;1-4(2,3)5(6,7)8;1-3-4(2)5(6,7)8;1-4-5(2)3;1-3-5-4-2;2*1-3(2)4(5,6)7;2*1-4(2)3;2*1-3-4-2;1-3-2;1-2/h5H,3-4H2,1-2H3;2-5H2,1H3;1-2H3;1-3H3;4H,3H2,1-2H3;5H,4H2,1-3H3;3-5H2,1-2H3;2*3H,1-2H3;2*4H,1-3H3;2*3-4H2,1-2H3;3H2,1-2H3;1-2H3/i;;;;;;;3D;;4D;;3D2;;;. The van der Waals surface area contributed by atoms with E-state index in [1.165, 1.54) is 58.8 Å². The maximum Gasteiger partial charge on any atom is 0.402 e. The van der Waals surface area contributed by atoms with Gasteiger partial charge in [0.2, 0.25) is 0 Å². The second-order valence-electron chi connectivity index (χ2n) is 23.6. The van der Waals surface area contributed by atoms with Crippen molar-refractivity contribution in [2.45, 2.75) is 381 Å². The monoisotopic (exact) mass is 1390 g/mol. The van der Waals surface area contributed by atoms with E-state index >= 15 is 0 Å². The van der Waals surface area contributed by atoms with Crippen molar-refractivity contribution < 1.29 is 111 Å². The maximum atomic E-state index is 11.6. The Balaban J connectivity index is -0.0000000555. The number of rotatable bonds is 11. The summed E-state index contributed by atoms with van der Waals surface area (Å²) in [5.41, 5.74) is -5.19. The molecule has 0 aromatic heterocycles.